The second kappa shape index (κ2) is 8.61. The lowest BCUT2D eigenvalue weighted by molar-refractivity contribution is 0.331. The second-order valence-electron chi connectivity index (χ2n) is 6.70. The summed E-state index contributed by atoms with van der Waals surface area (Å²) in [7, 11) is 1.65. The Labute approximate surface area is 164 Å². The molecule has 4 rings (SSSR count). The van der Waals surface area contributed by atoms with Crippen LogP contribution in [0.15, 0.2) is 60.7 Å². The van der Waals surface area contributed by atoms with E-state index in [0.717, 1.165) is 28.7 Å². The van der Waals surface area contributed by atoms with Gasteiger partial charge in [0.1, 0.15) is 29.7 Å². The van der Waals surface area contributed by atoms with Gasteiger partial charge in [-0.3, -0.25) is 0 Å². The van der Waals surface area contributed by atoms with Crippen molar-refractivity contribution in [3.05, 3.63) is 60.7 Å². The van der Waals surface area contributed by atoms with Gasteiger partial charge < -0.3 is 20.1 Å². The van der Waals surface area contributed by atoms with Gasteiger partial charge in [-0.05, 0) is 37.1 Å². The van der Waals surface area contributed by atoms with Crippen molar-refractivity contribution in [2.75, 3.05) is 30.9 Å². The summed E-state index contributed by atoms with van der Waals surface area (Å²) in [5.41, 5.74) is 1.000. The molecule has 0 unspecified atom stereocenters. The molecule has 6 heteroatoms. The summed E-state index contributed by atoms with van der Waals surface area (Å²) in [6, 6.07) is 20.1. The molecule has 1 aromatic heterocycles. The molecule has 1 aliphatic carbocycles. The minimum absolute atomic E-state index is 0.530. The number of anilines is 2. The topological polar surface area (TPSA) is 68.3 Å². The third kappa shape index (κ3) is 4.91. The first-order valence-electron chi connectivity index (χ1n) is 9.52. The van der Waals surface area contributed by atoms with E-state index in [-0.39, 0.29) is 0 Å². The van der Waals surface area contributed by atoms with Crippen LogP contribution in [0.25, 0.3) is 11.4 Å². The predicted octanol–water partition coefficient (Wildman–Crippen LogP) is 4.22. The molecule has 3 aromatic rings. The van der Waals surface area contributed by atoms with Gasteiger partial charge in [-0.15, -0.1) is 0 Å². The van der Waals surface area contributed by atoms with Gasteiger partial charge in [0.25, 0.3) is 0 Å². The van der Waals surface area contributed by atoms with E-state index in [4.69, 9.17) is 9.47 Å². The summed E-state index contributed by atoms with van der Waals surface area (Å²) in [5.74, 6) is 3.98. The number of nitrogens with zero attached hydrogens (tertiary/aromatic N) is 2. The van der Waals surface area contributed by atoms with Gasteiger partial charge in [-0.1, -0.05) is 30.3 Å². The van der Waals surface area contributed by atoms with Crippen LogP contribution in [0.5, 0.6) is 11.5 Å². The van der Waals surface area contributed by atoms with E-state index >= 15 is 0 Å². The SMILES string of the molecule is COc1ccc(OCCNc2cc(NC3CC3)nc(-c3ccccc3)n2)cc1. The number of aromatic nitrogens is 2. The van der Waals surface area contributed by atoms with Gasteiger partial charge in [0.05, 0.1) is 13.7 Å². The molecule has 6 nitrogen and oxygen atoms in total. The number of nitrogens with one attached hydrogen (secondary N) is 2. The van der Waals surface area contributed by atoms with Crippen molar-refractivity contribution in [3.8, 4) is 22.9 Å². The Morgan fingerprint density at radius 1 is 0.929 bits per heavy atom. The van der Waals surface area contributed by atoms with Gasteiger partial charge in [0.2, 0.25) is 0 Å². The minimum atomic E-state index is 0.530. The molecule has 1 heterocycles. The van der Waals surface area contributed by atoms with E-state index in [1.165, 1.54) is 12.8 Å². The number of rotatable bonds is 9. The van der Waals surface area contributed by atoms with Crippen LogP contribution >= 0.6 is 0 Å². The molecule has 1 aliphatic rings. The lowest BCUT2D eigenvalue weighted by Crippen LogP contribution is -2.14. The monoisotopic (exact) mass is 376 g/mol. The van der Waals surface area contributed by atoms with Gasteiger partial charge in [-0.25, -0.2) is 9.97 Å². The van der Waals surface area contributed by atoms with Crippen molar-refractivity contribution in [1.82, 2.24) is 9.97 Å². The van der Waals surface area contributed by atoms with Crippen LogP contribution in [0.4, 0.5) is 11.6 Å². The van der Waals surface area contributed by atoms with Crippen LogP contribution in [-0.4, -0.2) is 36.3 Å². The van der Waals surface area contributed by atoms with Crippen molar-refractivity contribution in [2.24, 2.45) is 0 Å². The van der Waals surface area contributed by atoms with E-state index in [1.807, 2.05) is 60.7 Å². The number of benzene rings is 2. The summed E-state index contributed by atoms with van der Waals surface area (Å²) in [4.78, 5) is 9.33. The van der Waals surface area contributed by atoms with E-state index < -0.39 is 0 Å². The maximum Gasteiger partial charge on any atom is 0.163 e. The van der Waals surface area contributed by atoms with Gasteiger partial charge >= 0.3 is 0 Å². The highest BCUT2D eigenvalue weighted by atomic mass is 16.5. The Balaban J connectivity index is 1.39. The Bertz CT molecular complexity index is 896. The van der Waals surface area contributed by atoms with Crippen molar-refractivity contribution < 1.29 is 9.47 Å². The maximum absolute atomic E-state index is 5.77. The number of methoxy groups -OCH3 is 1. The molecule has 0 amide bonds. The zero-order chi connectivity index (χ0) is 19.2. The van der Waals surface area contributed by atoms with Crippen molar-refractivity contribution in [3.63, 3.8) is 0 Å². The van der Waals surface area contributed by atoms with Crippen LogP contribution in [-0.2, 0) is 0 Å². The summed E-state index contributed by atoms with van der Waals surface area (Å²) >= 11 is 0. The molecule has 0 spiro atoms. The van der Waals surface area contributed by atoms with Crippen LogP contribution in [0.1, 0.15) is 12.8 Å². The van der Waals surface area contributed by atoms with Crippen LogP contribution in [0.3, 0.4) is 0 Å². The largest absolute Gasteiger partial charge is 0.497 e. The first-order valence-corrected chi connectivity index (χ1v) is 9.52. The molecule has 1 fully saturated rings. The summed E-state index contributed by atoms with van der Waals surface area (Å²) in [6.07, 6.45) is 2.40. The molecule has 0 bridgehead atoms. The van der Waals surface area contributed by atoms with E-state index in [9.17, 15) is 0 Å². The van der Waals surface area contributed by atoms with Crippen molar-refractivity contribution in [1.29, 1.82) is 0 Å². The number of hydrogen-bond donors (Lipinski definition) is 2. The van der Waals surface area contributed by atoms with Crippen LogP contribution in [0, 0.1) is 0 Å². The van der Waals surface area contributed by atoms with E-state index in [0.29, 0.717) is 25.0 Å². The Morgan fingerprint density at radius 3 is 2.36 bits per heavy atom. The molecule has 0 aliphatic heterocycles. The average molecular weight is 376 g/mol. The molecule has 28 heavy (non-hydrogen) atoms. The van der Waals surface area contributed by atoms with Crippen molar-refractivity contribution in [2.45, 2.75) is 18.9 Å². The molecule has 2 aromatic carbocycles. The molecule has 0 saturated heterocycles. The second-order valence-corrected chi connectivity index (χ2v) is 6.70. The highest BCUT2D eigenvalue weighted by Gasteiger charge is 2.22. The fourth-order valence-electron chi connectivity index (χ4n) is 2.78. The molecule has 0 radical (unpaired) electrons. The molecule has 0 atom stereocenters. The third-order valence-electron chi connectivity index (χ3n) is 4.42. The Hall–Kier alpha value is -3.28. The molecule has 2 N–H and O–H groups in total. The normalized spacial score (nSPS) is 13.0. The molecular formula is C22H24N4O2. The lowest BCUT2D eigenvalue weighted by atomic mass is 10.2. The minimum Gasteiger partial charge on any atom is -0.497 e. The summed E-state index contributed by atoms with van der Waals surface area (Å²) in [6.45, 7) is 1.17. The van der Waals surface area contributed by atoms with E-state index in [2.05, 4.69) is 20.6 Å². The van der Waals surface area contributed by atoms with Gasteiger partial charge in [0, 0.05) is 17.7 Å². The first kappa shape index (κ1) is 18.1. The molecular weight excluding hydrogens is 352 g/mol. The zero-order valence-electron chi connectivity index (χ0n) is 15.9. The Kier molecular flexibility index (Phi) is 5.56. The van der Waals surface area contributed by atoms with Crippen LogP contribution in [0.2, 0.25) is 0 Å². The summed E-state index contributed by atoms with van der Waals surface area (Å²) < 4.78 is 10.9. The standard InChI is InChI=1S/C22H24N4O2/c1-27-18-9-11-19(12-10-18)28-14-13-23-20-15-21(24-17-7-8-17)26-22(25-20)16-5-3-2-4-6-16/h2-6,9-12,15,17H,7-8,13-14H2,1H3,(H2,23,24,25,26). The fourth-order valence-corrected chi connectivity index (χ4v) is 2.78. The quantitative estimate of drug-likeness (QED) is 0.545. The molecule has 144 valence electrons. The highest BCUT2D eigenvalue weighted by molar-refractivity contribution is 5.61. The van der Waals surface area contributed by atoms with Crippen LogP contribution < -0.4 is 20.1 Å². The van der Waals surface area contributed by atoms with Gasteiger partial charge in [-0.2, -0.15) is 0 Å². The lowest BCUT2D eigenvalue weighted by Gasteiger charge is -2.12. The maximum atomic E-state index is 5.77. The highest BCUT2D eigenvalue weighted by Crippen LogP contribution is 2.26. The molecule has 1 saturated carbocycles. The zero-order valence-corrected chi connectivity index (χ0v) is 15.9. The Morgan fingerprint density at radius 2 is 1.64 bits per heavy atom. The predicted molar refractivity (Wildman–Crippen MR) is 111 cm³/mol. The van der Waals surface area contributed by atoms with Crippen molar-refractivity contribution >= 4 is 11.6 Å². The van der Waals surface area contributed by atoms with E-state index in [1.54, 1.807) is 7.11 Å². The average Bonchev–Trinajstić information content (AvgIpc) is 3.56. The number of hydrogen-bond acceptors (Lipinski definition) is 6. The fraction of sp³-hybridized carbons (Fsp3) is 0.273. The third-order valence-corrected chi connectivity index (χ3v) is 4.42. The smallest absolute Gasteiger partial charge is 0.163 e. The number of ether oxygens (including phenoxy) is 2. The summed E-state index contributed by atoms with van der Waals surface area (Å²) in [5, 5.41) is 6.80. The first-order chi connectivity index (χ1) is 13.8. The van der Waals surface area contributed by atoms with Gasteiger partial charge in [0.15, 0.2) is 5.82 Å².